The Morgan fingerprint density at radius 1 is 1.41 bits per heavy atom. The number of benzene rings is 1. The molecule has 0 aliphatic carbocycles. The summed E-state index contributed by atoms with van der Waals surface area (Å²) in [6.45, 7) is 2.35. The number of nitrogen functional groups attached to an aromatic ring is 1. The van der Waals surface area contributed by atoms with E-state index in [2.05, 4.69) is 10.1 Å². The SMILES string of the molecule is CON1CC=CN=C1c1cc(C)cc(-c2cnn(C[C@H](O)C(=O)O)c2)c1N. The summed E-state index contributed by atoms with van der Waals surface area (Å²) in [5, 5.41) is 24.1. The average molecular weight is 371 g/mol. The lowest BCUT2D eigenvalue weighted by Gasteiger charge is -2.25. The molecule has 1 atom stereocenters. The van der Waals surface area contributed by atoms with Crippen molar-refractivity contribution >= 4 is 17.5 Å². The van der Waals surface area contributed by atoms with Gasteiger partial charge in [0.15, 0.2) is 11.9 Å². The zero-order valence-electron chi connectivity index (χ0n) is 15.0. The largest absolute Gasteiger partial charge is 0.479 e. The minimum Gasteiger partial charge on any atom is -0.479 e. The van der Waals surface area contributed by atoms with Gasteiger partial charge < -0.3 is 15.9 Å². The van der Waals surface area contributed by atoms with Crippen molar-refractivity contribution in [3.05, 3.63) is 47.9 Å². The first kappa shape index (κ1) is 18.6. The van der Waals surface area contributed by atoms with Crippen LogP contribution in [0, 0.1) is 6.92 Å². The first-order valence-electron chi connectivity index (χ1n) is 8.29. The smallest absolute Gasteiger partial charge is 0.334 e. The van der Waals surface area contributed by atoms with E-state index in [0.29, 0.717) is 23.6 Å². The molecule has 9 heteroatoms. The molecule has 27 heavy (non-hydrogen) atoms. The van der Waals surface area contributed by atoms with Crippen LogP contribution in [0.15, 0.2) is 41.8 Å². The summed E-state index contributed by atoms with van der Waals surface area (Å²) in [6, 6.07) is 3.85. The standard InChI is InChI=1S/C18H21N5O4/c1-11-6-13(12-8-21-22(9-12)10-15(24)18(25)26)16(19)14(7-11)17-20-4-3-5-23(17)27-2/h3-4,6-9,15,24H,5,10,19H2,1-2H3,(H,25,26)/t15-/m0/s1. The van der Waals surface area contributed by atoms with Crippen LogP contribution >= 0.6 is 0 Å². The molecule has 2 heterocycles. The van der Waals surface area contributed by atoms with Crippen LogP contribution in [0.3, 0.4) is 0 Å². The summed E-state index contributed by atoms with van der Waals surface area (Å²) in [4.78, 5) is 20.6. The van der Waals surface area contributed by atoms with Gasteiger partial charge in [-0.15, -0.1) is 0 Å². The molecule has 2 aromatic rings. The number of amidine groups is 1. The Morgan fingerprint density at radius 3 is 2.85 bits per heavy atom. The van der Waals surface area contributed by atoms with Crippen molar-refractivity contribution in [2.45, 2.75) is 19.6 Å². The summed E-state index contributed by atoms with van der Waals surface area (Å²) in [6.07, 6.45) is 5.29. The Kier molecular flexibility index (Phi) is 5.24. The van der Waals surface area contributed by atoms with Crippen molar-refractivity contribution in [1.29, 1.82) is 0 Å². The molecule has 3 rings (SSSR count). The third-order valence-electron chi connectivity index (χ3n) is 4.18. The number of aliphatic carboxylic acids is 1. The number of hydroxylamine groups is 2. The van der Waals surface area contributed by atoms with Gasteiger partial charge in [-0.2, -0.15) is 5.10 Å². The molecule has 0 saturated heterocycles. The number of hydrogen-bond donors (Lipinski definition) is 3. The molecule has 0 spiro atoms. The van der Waals surface area contributed by atoms with Gasteiger partial charge in [0.2, 0.25) is 0 Å². The number of aliphatic hydroxyl groups is 1. The minimum atomic E-state index is -1.53. The predicted octanol–water partition coefficient (Wildman–Crippen LogP) is 1.02. The van der Waals surface area contributed by atoms with Crippen molar-refractivity contribution in [2.24, 2.45) is 4.99 Å². The van der Waals surface area contributed by atoms with Crippen molar-refractivity contribution in [1.82, 2.24) is 14.8 Å². The Balaban J connectivity index is 1.99. The zero-order valence-corrected chi connectivity index (χ0v) is 15.0. The highest BCUT2D eigenvalue weighted by atomic mass is 16.7. The van der Waals surface area contributed by atoms with Gasteiger partial charge in [-0.3, -0.25) is 9.52 Å². The van der Waals surface area contributed by atoms with Gasteiger partial charge in [0, 0.05) is 29.1 Å². The molecule has 0 fully saturated rings. The number of carboxylic acids is 1. The highest BCUT2D eigenvalue weighted by Crippen LogP contribution is 2.31. The number of nitrogens with two attached hydrogens (primary N) is 1. The number of aliphatic hydroxyl groups excluding tert-OH is 1. The van der Waals surface area contributed by atoms with Crippen LogP contribution in [0.4, 0.5) is 5.69 Å². The normalized spacial score (nSPS) is 14.9. The number of aryl methyl sites for hydroxylation is 1. The van der Waals surface area contributed by atoms with Gasteiger partial charge in [-0.1, -0.05) is 0 Å². The molecule has 0 saturated carbocycles. The third-order valence-corrected chi connectivity index (χ3v) is 4.18. The lowest BCUT2D eigenvalue weighted by Crippen LogP contribution is -2.33. The summed E-state index contributed by atoms with van der Waals surface area (Å²) < 4.78 is 1.37. The van der Waals surface area contributed by atoms with Crippen LogP contribution in [-0.4, -0.2) is 56.6 Å². The van der Waals surface area contributed by atoms with Crippen LogP contribution in [0.2, 0.25) is 0 Å². The summed E-state index contributed by atoms with van der Waals surface area (Å²) in [5.74, 6) is -0.691. The van der Waals surface area contributed by atoms with Crippen LogP contribution < -0.4 is 5.73 Å². The molecule has 0 unspecified atom stereocenters. The maximum absolute atomic E-state index is 10.8. The molecule has 1 aliphatic rings. The average Bonchev–Trinajstić information content (AvgIpc) is 3.11. The first-order chi connectivity index (χ1) is 12.9. The number of nitrogens with zero attached hydrogens (tertiary/aromatic N) is 4. The van der Waals surface area contributed by atoms with Crippen LogP contribution in [0.25, 0.3) is 11.1 Å². The molecule has 0 bridgehead atoms. The fraction of sp³-hybridized carbons (Fsp3) is 0.278. The number of anilines is 1. The van der Waals surface area contributed by atoms with Crippen molar-refractivity contribution in [2.75, 3.05) is 19.4 Å². The molecule has 1 aromatic heterocycles. The first-order valence-corrected chi connectivity index (χ1v) is 8.29. The summed E-state index contributed by atoms with van der Waals surface area (Å²) >= 11 is 0. The molecule has 9 nitrogen and oxygen atoms in total. The zero-order chi connectivity index (χ0) is 19.6. The van der Waals surface area contributed by atoms with Gasteiger partial charge in [-0.25, -0.2) is 14.9 Å². The minimum absolute atomic E-state index is 0.150. The fourth-order valence-electron chi connectivity index (χ4n) is 2.86. The van der Waals surface area contributed by atoms with Gasteiger partial charge in [0.05, 0.1) is 32.1 Å². The van der Waals surface area contributed by atoms with Crippen molar-refractivity contribution in [3.8, 4) is 11.1 Å². The van der Waals surface area contributed by atoms with Gasteiger partial charge in [0.25, 0.3) is 0 Å². The molecule has 1 aliphatic heterocycles. The Morgan fingerprint density at radius 2 is 2.15 bits per heavy atom. The Labute approximate surface area is 155 Å². The lowest BCUT2D eigenvalue weighted by molar-refractivity contribution is -0.147. The number of hydrogen-bond acceptors (Lipinski definition) is 7. The maximum Gasteiger partial charge on any atom is 0.334 e. The molecule has 0 amide bonds. The predicted molar refractivity (Wildman–Crippen MR) is 99.8 cm³/mol. The maximum atomic E-state index is 10.8. The molecular weight excluding hydrogens is 350 g/mol. The van der Waals surface area contributed by atoms with E-state index in [9.17, 15) is 9.90 Å². The monoisotopic (exact) mass is 371 g/mol. The summed E-state index contributed by atoms with van der Waals surface area (Å²) in [7, 11) is 1.57. The second-order valence-electron chi connectivity index (χ2n) is 6.16. The van der Waals surface area contributed by atoms with Crippen molar-refractivity contribution < 1.29 is 19.8 Å². The number of aromatic nitrogens is 2. The van der Waals surface area contributed by atoms with Crippen LogP contribution in [0.5, 0.6) is 0 Å². The fourth-order valence-corrected chi connectivity index (χ4v) is 2.86. The summed E-state index contributed by atoms with van der Waals surface area (Å²) in [5.41, 5.74) is 10.1. The number of aliphatic imine (C=N–C) groups is 1. The van der Waals surface area contributed by atoms with Gasteiger partial charge >= 0.3 is 5.97 Å². The van der Waals surface area contributed by atoms with E-state index in [-0.39, 0.29) is 6.54 Å². The van der Waals surface area contributed by atoms with E-state index in [4.69, 9.17) is 15.7 Å². The molecular formula is C18H21N5O4. The van der Waals surface area contributed by atoms with Crippen molar-refractivity contribution in [3.63, 3.8) is 0 Å². The molecule has 4 N–H and O–H groups in total. The number of carboxylic acid groups (broad SMARTS) is 1. The Hall–Kier alpha value is -3.17. The van der Waals surface area contributed by atoms with E-state index in [1.807, 2.05) is 25.1 Å². The lowest BCUT2D eigenvalue weighted by atomic mass is 9.98. The van der Waals surface area contributed by atoms with E-state index in [1.54, 1.807) is 30.8 Å². The molecule has 0 radical (unpaired) electrons. The molecule has 1 aromatic carbocycles. The number of rotatable bonds is 6. The van der Waals surface area contributed by atoms with Gasteiger partial charge in [0.1, 0.15) is 0 Å². The molecule has 142 valence electrons. The van der Waals surface area contributed by atoms with Crippen LogP contribution in [-0.2, 0) is 16.2 Å². The van der Waals surface area contributed by atoms with Gasteiger partial charge in [-0.05, 0) is 30.7 Å². The second-order valence-corrected chi connectivity index (χ2v) is 6.16. The second kappa shape index (κ2) is 7.60. The Bertz CT molecular complexity index is 918. The number of carbonyl (C=O) groups is 1. The van der Waals surface area contributed by atoms with Crippen LogP contribution in [0.1, 0.15) is 11.1 Å². The van der Waals surface area contributed by atoms with E-state index >= 15 is 0 Å². The van der Waals surface area contributed by atoms with E-state index in [1.165, 1.54) is 4.68 Å². The highest BCUT2D eigenvalue weighted by Gasteiger charge is 2.21. The topological polar surface area (TPSA) is 126 Å². The third kappa shape index (κ3) is 3.83. The van der Waals surface area contributed by atoms with E-state index in [0.717, 1.165) is 16.7 Å². The highest BCUT2D eigenvalue weighted by molar-refractivity contribution is 6.06. The quantitative estimate of drug-likeness (QED) is 0.647. The van der Waals surface area contributed by atoms with E-state index < -0.39 is 12.1 Å².